The van der Waals surface area contributed by atoms with Crippen molar-refractivity contribution >= 4 is 21.6 Å². The Morgan fingerprint density at radius 2 is 1.95 bits per heavy atom. The molecule has 1 fully saturated rings. The first kappa shape index (κ1) is 14.0. The van der Waals surface area contributed by atoms with E-state index in [-0.39, 0.29) is 0 Å². The van der Waals surface area contributed by atoms with Crippen LogP contribution < -0.4 is 5.32 Å². The van der Waals surface area contributed by atoms with Crippen molar-refractivity contribution in [3.63, 3.8) is 0 Å². The fourth-order valence-corrected chi connectivity index (χ4v) is 4.40. The molecule has 1 aliphatic carbocycles. The summed E-state index contributed by atoms with van der Waals surface area (Å²) in [5.74, 6) is 0.877. The summed E-state index contributed by atoms with van der Waals surface area (Å²) in [7, 11) is 2.08. The van der Waals surface area contributed by atoms with Gasteiger partial charge in [0.2, 0.25) is 0 Å². The van der Waals surface area contributed by atoms with Crippen LogP contribution in [0.1, 0.15) is 56.0 Å². The average molecular weight is 288 g/mol. The van der Waals surface area contributed by atoms with Crippen molar-refractivity contribution in [1.82, 2.24) is 10.3 Å². The van der Waals surface area contributed by atoms with Gasteiger partial charge < -0.3 is 5.32 Å². The third-order valence-corrected chi connectivity index (χ3v) is 5.65. The number of hydrogen-bond donors (Lipinski definition) is 1. The van der Waals surface area contributed by atoms with Crippen LogP contribution in [0.3, 0.4) is 0 Å². The largest absolute Gasteiger partial charge is 0.311 e. The van der Waals surface area contributed by atoms with Gasteiger partial charge in [0.25, 0.3) is 0 Å². The van der Waals surface area contributed by atoms with Crippen LogP contribution in [-0.4, -0.2) is 12.0 Å². The number of nitrogens with zero attached hydrogens (tertiary/aromatic N) is 1. The Morgan fingerprint density at radius 3 is 2.65 bits per heavy atom. The Bertz CT molecular complexity index is 508. The zero-order valence-electron chi connectivity index (χ0n) is 12.3. The predicted octanol–water partition coefficient (Wildman–Crippen LogP) is 4.92. The van der Waals surface area contributed by atoms with E-state index in [1.807, 2.05) is 11.3 Å². The molecule has 2 nitrogen and oxygen atoms in total. The van der Waals surface area contributed by atoms with Gasteiger partial charge in [-0.3, -0.25) is 0 Å². The molecule has 2 aromatic rings. The molecule has 1 N–H and O–H groups in total. The standard InChI is InChI=1S/C17H24N2S/c1-18-15(12-13-8-4-2-3-5-9-13)17-19-14-10-6-7-11-16(14)20-17/h6-7,10-11,13,15,18H,2-5,8-9,12H2,1H3. The van der Waals surface area contributed by atoms with Gasteiger partial charge in [0.1, 0.15) is 5.01 Å². The summed E-state index contributed by atoms with van der Waals surface area (Å²) < 4.78 is 1.31. The molecule has 1 aromatic heterocycles. The monoisotopic (exact) mass is 288 g/mol. The topological polar surface area (TPSA) is 24.9 Å². The number of nitrogens with one attached hydrogen (secondary N) is 1. The zero-order valence-corrected chi connectivity index (χ0v) is 13.1. The minimum Gasteiger partial charge on any atom is -0.311 e. The lowest BCUT2D eigenvalue weighted by atomic mass is 9.93. The van der Waals surface area contributed by atoms with Crippen molar-refractivity contribution in [1.29, 1.82) is 0 Å². The summed E-state index contributed by atoms with van der Waals surface area (Å²) in [6.45, 7) is 0. The van der Waals surface area contributed by atoms with Crippen molar-refractivity contribution in [2.75, 3.05) is 7.05 Å². The van der Waals surface area contributed by atoms with Crippen LogP contribution in [0.4, 0.5) is 0 Å². The van der Waals surface area contributed by atoms with Crippen LogP contribution in [-0.2, 0) is 0 Å². The van der Waals surface area contributed by atoms with Gasteiger partial charge in [-0.2, -0.15) is 0 Å². The van der Waals surface area contributed by atoms with E-state index in [0.717, 1.165) is 11.4 Å². The highest BCUT2D eigenvalue weighted by atomic mass is 32.1. The molecule has 0 spiro atoms. The number of para-hydroxylation sites is 1. The molecule has 1 unspecified atom stereocenters. The maximum atomic E-state index is 4.83. The second-order valence-corrected chi connectivity index (χ2v) is 7.02. The van der Waals surface area contributed by atoms with Crippen molar-refractivity contribution in [3.05, 3.63) is 29.3 Å². The van der Waals surface area contributed by atoms with Crippen molar-refractivity contribution in [3.8, 4) is 0 Å². The Hall–Kier alpha value is -0.930. The summed E-state index contributed by atoms with van der Waals surface area (Å²) >= 11 is 1.85. The summed E-state index contributed by atoms with van der Waals surface area (Å²) in [6, 6.07) is 8.90. The Kier molecular flexibility index (Phi) is 4.69. The van der Waals surface area contributed by atoms with Crippen molar-refractivity contribution in [2.24, 2.45) is 5.92 Å². The minimum atomic E-state index is 0.426. The molecule has 1 aromatic carbocycles. The molecule has 1 heterocycles. The lowest BCUT2D eigenvalue weighted by Gasteiger charge is -2.20. The molecule has 108 valence electrons. The normalized spacial score (nSPS) is 19.1. The van der Waals surface area contributed by atoms with E-state index in [1.54, 1.807) is 0 Å². The van der Waals surface area contributed by atoms with Gasteiger partial charge in [0.15, 0.2) is 0 Å². The fraction of sp³-hybridized carbons (Fsp3) is 0.588. The maximum absolute atomic E-state index is 4.83. The summed E-state index contributed by atoms with van der Waals surface area (Å²) in [6.07, 6.45) is 9.76. The van der Waals surface area contributed by atoms with E-state index in [4.69, 9.17) is 4.98 Å². The summed E-state index contributed by atoms with van der Waals surface area (Å²) in [5, 5.41) is 4.76. The smallest absolute Gasteiger partial charge is 0.111 e. The molecule has 1 atom stereocenters. The van der Waals surface area contributed by atoms with E-state index < -0.39 is 0 Å². The van der Waals surface area contributed by atoms with E-state index in [9.17, 15) is 0 Å². The molecule has 0 saturated heterocycles. The first-order valence-corrected chi connectivity index (χ1v) is 8.71. The number of hydrogen-bond acceptors (Lipinski definition) is 3. The van der Waals surface area contributed by atoms with Crippen LogP contribution in [0, 0.1) is 5.92 Å². The molecule has 0 radical (unpaired) electrons. The Balaban J connectivity index is 1.74. The van der Waals surface area contributed by atoms with Gasteiger partial charge in [0, 0.05) is 0 Å². The molecule has 0 amide bonds. The van der Waals surface area contributed by atoms with E-state index >= 15 is 0 Å². The zero-order chi connectivity index (χ0) is 13.8. The van der Waals surface area contributed by atoms with Gasteiger partial charge >= 0.3 is 0 Å². The highest BCUT2D eigenvalue weighted by molar-refractivity contribution is 7.18. The number of benzene rings is 1. The molecule has 0 bridgehead atoms. The molecule has 1 saturated carbocycles. The fourth-order valence-electron chi connectivity index (χ4n) is 3.31. The SMILES string of the molecule is CNC(CC1CCCCCC1)c1nc2ccccc2s1. The van der Waals surface area contributed by atoms with E-state index in [0.29, 0.717) is 6.04 Å². The lowest BCUT2D eigenvalue weighted by molar-refractivity contribution is 0.367. The second-order valence-electron chi connectivity index (χ2n) is 5.95. The van der Waals surface area contributed by atoms with Crippen LogP contribution in [0.2, 0.25) is 0 Å². The first-order chi connectivity index (χ1) is 9.86. The van der Waals surface area contributed by atoms with Crippen LogP contribution in [0.25, 0.3) is 10.2 Å². The highest BCUT2D eigenvalue weighted by Gasteiger charge is 2.20. The predicted molar refractivity (Wildman–Crippen MR) is 87.2 cm³/mol. The third kappa shape index (κ3) is 3.21. The van der Waals surface area contributed by atoms with Crippen molar-refractivity contribution in [2.45, 2.75) is 51.0 Å². The molecule has 20 heavy (non-hydrogen) atoms. The quantitative estimate of drug-likeness (QED) is 0.808. The van der Waals surface area contributed by atoms with Crippen molar-refractivity contribution < 1.29 is 0 Å². The van der Waals surface area contributed by atoms with E-state index in [2.05, 4.69) is 36.6 Å². The maximum Gasteiger partial charge on any atom is 0.111 e. The van der Waals surface area contributed by atoms with Crippen LogP contribution >= 0.6 is 11.3 Å². The Morgan fingerprint density at radius 1 is 1.20 bits per heavy atom. The number of fused-ring (bicyclic) bond motifs is 1. The number of thiazole rings is 1. The number of aromatic nitrogens is 1. The molecule has 3 heteroatoms. The van der Waals surface area contributed by atoms with Crippen LogP contribution in [0.15, 0.2) is 24.3 Å². The average Bonchev–Trinajstić information content (AvgIpc) is 2.74. The molecule has 0 aliphatic heterocycles. The van der Waals surface area contributed by atoms with Gasteiger partial charge in [0.05, 0.1) is 16.3 Å². The third-order valence-electron chi connectivity index (χ3n) is 4.50. The minimum absolute atomic E-state index is 0.426. The molecule has 3 rings (SSSR count). The van der Waals surface area contributed by atoms with Gasteiger partial charge in [-0.25, -0.2) is 4.98 Å². The second kappa shape index (κ2) is 6.68. The lowest BCUT2D eigenvalue weighted by Crippen LogP contribution is -2.19. The van der Waals surface area contributed by atoms with Gasteiger partial charge in [-0.15, -0.1) is 11.3 Å². The Labute approximate surface area is 125 Å². The molecule has 1 aliphatic rings. The number of rotatable bonds is 4. The first-order valence-electron chi connectivity index (χ1n) is 7.89. The van der Waals surface area contributed by atoms with Gasteiger partial charge in [-0.1, -0.05) is 50.7 Å². The highest BCUT2D eigenvalue weighted by Crippen LogP contribution is 2.34. The van der Waals surface area contributed by atoms with E-state index in [1.165, 1.54) is 54.7 Å². The molecular weight excluding hydrogens is 264 g/mol. The van der Waals surface area contributed by atoms with Gasteiger partial charge in [-0.05, 0) is 31.5 Å². The van der Waals surface area contributed by atoms with Crippen LogP contribution in [0.5, 0.6) is 0 Å². The molecular formula is C17H24N2S. The summed E-state index contributed by atoms with van der Waals surface area (Å²) in [5.41, 5.74) is 1.15. The summed E-state index contributed by atoms with van der Waals surface area (Å²) in [4.78, 5) is 4.83.